The summed E-state index contributed by atoms with van der Waals surface area (Å²) in [7, 11) is 3.67. The Hall–Kier alpha value is -2.79. The van der Waals surface area contributed by atoms with E-state index >= 15 is 0 Å². The fourth-order valence-corrected chi connectivity index (χ4v) is 5.64. The first kappa shape index (κ1) is 22.4. The molecule has 1 aromatic heterocycles. The topological polar surface area (TPSA) is 45.9 Å². The van der Waals surface area contributed by atoms with E-state index in [2.05, 4.69) is 29.7 Å². The van der Waals surface area contributed by atoms with Crippen LogP contribution in [0.3, 0.4) is 0 Å². The molecular formula is C27H34N2O3. The number of methoxy groups -OCH3 is 1. The van der Waals surface area contributed by atoms with E-state index in [4.69, 9.17) is 9.15 Å². The molecule has 1 amide bonds. The van der Waals surface area contributed by atoms with Gasteiger partial charge in [0.15, 0.2) is 0 Å². The van der Waals surface area contributed by atoms with E-state index in [1.165, 1.54) is 5.56 Å². The molecule has 1 saturated heterocycles. The van der Waals surface area contributed by atoms with Crippen LogP contribution in [0.5, 0.6) is 5.75 Å². The molecule has 0 unspecified atom stereocenters. The minimum atomic E-state index is 0.0412. The molecule has 5 nitrogen and oxygen atoms in total. The van der Waals surface area contributed by atoms with Crippen molar-refractivity contribution in [1.82, 2.24) is 9.80 Å². The zero-order valence-corrected chi connectivity index (χ0v) is 19.2. The number of hydrogen-bond donors (Lipinski definition) is 0. The maximum atomic E-state index is 12.9. The normalized spacial score (nSPS) is 25.9. The van der Waals surface area contributed by atoms with Crippen molar-refractivity contribution < 1.29 is 13.9 Å². The van der Waals surface area contributed by atoms with E-state index in [1.54, 1.807) is 25.7 Å². The van der Waals surface area contributed by atoms with E-state index < -0.39 is 0 Å². The molecule has 1 aromatic carbocycles. The SMILES string of the molecule is C=CCN1CC[C@@]2(c3cccc(OC)c3)C[C@H](N(C)C(=O)/C=C/c3ccoc3)CC[C@@H]2C1. The number of rotatable bonds is 7. The van der Waals surface area contributed by atoms with Crippen molar-refractivity contribution in [2.75, 3.05) is 33.8 Å². The number of benzene rings is 1. The van der Waals surface area contributed by atoms with Crippen molar-refractivity contribution in [3.8, 4) is 5.75 Å². The summed E-state index contributed by atoms with van der Waals surface area (Å²) >= 11 is 0. The van der Waals surface area contributed by atoms with Crippen molar-refractivity contribution in [2.45, 2.75) is 37.1 Å². The van der Waals surface area contributed by atoms with Crippen molar-refractivity contribution in [2.24, 2.45) is 5.92 Å². The zero-order valence-electron chi connectivity index (χ0n) is 19.2. The summed E-state index contributed by atoms with van der Waals surface area (Å²) in [5.41, 5.74) is 2.30. The highest BCUT2D eigenvalue weighted by atomic mass is 16.5. The number of amides is 1. The number of likely N-dealkylation sites (tertiary alicyclic amines) is 1. The van der Waals surface area contributed by atoms with Gasteiger partial charge in [-0.2, -0.15) is 0 Å². The van der Waals surface area contributed by atoms with E-state index in [9.17, 15) is 4.79 Å². The Bertz CT molecular complexity index is 952. The first-order valence-corrected chi connectivity index (χ1v) is 11.5. The number of nitrogens with zero attached hydrogens (tertiary/aromatic N) is 2. The Labute approximate surface area is 191 Å². The predicted octanol–water partition coefficient (Wildman–Crippen LogP) is 4.76. The Morgan fingerprint density at radius 1 is 1.38 bits per heavy atom. The Kier molecular flexibility index (Phi) is 6.85. The van der Waals surface area contributed by atoms with Crippen LogP contribution in [0.4, 0.5) is 0 Å². The number of fused-ring (bicyclic) bond motifs is 1. The van der Waals surface area contributed by atoms with Crippen molar-refractivity contribution >= 4 is 12.0 Å². The molecule has 1 aliphatic carbocycles. The third-order valence-electron chi connectivity index (χ3n) is 7.47. The second-order valence-electron chi connectivity index (χ2n) is 9.16. The number of furan rings is 1. The van der Waals surface area contributed by atoms with Gasteiger partial charge >= 0.3 is 0 Å². The van der Waals surface area contributed by atoms with Gasteiger partial charge < -0.3 is 14.1 Å². The average Bonchev–Trinajstić information content (AvgIpc) is 3.35. The van der Waals surface area contributed by atoms with Crippen LogP contribution in [0, 0.1) is 5.92 Å². The second kappa shape index (κ2) is 9.78. The lowest BCUT2D eigenvalue weighted by molar-refractivity contribution is -0.128. The third kappa shape index (κ3) is 4.53. The zero-order chi connectivity index (χ0) is 22.6. The summed E-state index contributed by atoms with van der Waals surface area (Å²) in [6.07, 6.45) is 12.9. The molecule has 2 aliphatic rings. The van der Waals surface area contributed by atoms with Gasteiger partial charge in [0.1, 0.15) is 5.75 Å². The maximum absolute atomic E-state index is 12.9. The van der Waals surface area contributed by atoms with Gasteiger partial charge in [0.05, 0.1) is 19.6 Å². The van der Waals surface area contributed by atoms with Gasteiger partial charge in [0.2, 0.25) is 5.91 Å². The van der Waals surface area contributed by atoms with E-state index in [0.29, 0.717) is 5.92 Å². The van der Waals surface area contributed by atoms with Gasteiger partial charge in [-0.25, -0.2) is 0 Å². The van der Waals surface area contributed by atoms with Gasteiger partial charge in [-0.05, 0) is 68.0 Å². The number of hydrogen-bond acceptors (Lipinski definition) is 4. The molecule has 0 radical (unpaired) electrons. The number of carbonyl (C=O) groups is 1. The molecule has 1 saturated carbocycles. The van der Waals surface area contributed by atoms with E-state index in [0.717, 1.165) is 56.6 Å². The number of carbonyl (C=O) groups excluding carboxylic acids is 1. The van der Waals surface area contributed by atoms with Crippen LogP contribution in [0.1, 0.15) is 36.8 Å². The van der Waals surface area contributed by atoms with Gasteiger partial charge in [-0.15, -0.1) is 6.58 Å². The van der Waals surface area contributed by atoms with Gasteiger partial charge in [-0.1, -0.05) is 18.2 Å². The molecule has 2 fully saturated rings. The van der Waals surface area contributed by atoms with Crippen LogP contribution in [-0.4, -0.2) is 55.5 Å². The first-order chi connectivity index (χ1) is 15.6. The molecular weight excluding hydrogens is 400 g/mol. The minimum Gasteiger partial charge on any atom is -0.497 e. The van der Waals surface area contributed by atoms with Crippen LogP contribution in [-0.2, 0) is 10.2 Å². The van der Waals surface area contributed by atoms with Crippen LogP contribution < -0.4 is 4.74 Å². The number of piperidine rings is 1. The van der Waals surface area contributed by atoms with Crippen LogP contribution >= 0.6 is 0 Å². The van der Waals surface area contributed by atoms with Gasteiger partial charge in [0, 0.05) is 43.2 Å². The lowest BCUT2D eigenvalue weighted by Crippen LogP contribution is -2.56. The highest BCUT2D eigenvalue weighted by Crippen LogP contribution is 2.50. The fourth-order valence-electron chi connectivity index (χ4n) is 5.64. The molecule has 1 aliphatic heterocycles. The van der Waals surface area contributed by atoms with Crippen LogP contribution in [0.25, 0.3) is 6.08 Å². The summed E-state index contributed by atoms with van der Waals surface area (Å²) in [6.45, 7) is 6.99. The molecule has 2 aromatic rings. The average molecular weight is 435 g/mol. The van der Waals surface area contributed by atoms with Crippen LogP contribution in [0.2, 0.25) is 0 Å². The molecule has 4 rings (SSSR count). The van der Waals surface area contributed by atoms with Crippen LogP contribution in [0.15, 0.2) is 66.0 Å². The summed E-state index contributed by atoms with van der Waals surface area (Å²) in [6, 6.07) is 10.6. The number of likely N-dealkylation sites (N-methyl/N-ethyl adjacent to an activating group) is 1. The molecule has 3 atom stereocenters. The Morgan fingerprint density at radius 2 is 2.25 bits per heavy atom. The summed E-state index contributed by atoms with van der Waals surface area (Å²) in [4.78, 5) is 17.4. The first-order valence-electron chi connectivity index (χ1n) is 11.5. The number of ether oxygens (including phenoxy) is 1. The Balaban J connectivity index is 1.58. The monoisotopic (exact) mass is 434 g/mol. The van der Waals surface area contributed by atoms with Gasteiger partial charge in [0.25, 0.3) is 0 Å². The lowest BCUT2D eigenvalue weighted by atomic mass is 9.57. The van der Waals surface area contributed by atoms with Crippen molar-refractivity contribution in [1.29, 1.82) is 0 Å². The standard InChI is InChI=1S/C27H34N2O3/c1-4-14-29-15-13-27(22-6-5-7-25(17-22)31-3)18-24(10-9-23(27)19-29)28(2)26(30)11-8-21-12-16-32-20-21/h4-8,11-12,16-17,20,23-24H,1,9-10,13-15,18-19H2,2-3H3/b11-8+/t23-,24-,27+/m1/s1. The quantitative estimate of drug-likeness (QED) is 0.466. The molecule has 170 valence electrons. The van der Waals surface area contributed by atoms with Gasteiger partial charge in [-0.3, -0.25) is 9.69 Å². The maximum Gasteiger partial charge on any atom is 0.246 e. The molecule has 0 bridgehead atoms. The van der Waals surface area contributed by atoms with E-state index in [1.807, 2.05) is 36.2 Å². The molecule has 32 heavy (non-hydrogen) atoms. The van der Waals surface area contributed by atoms with E-state index in [-0.39, 0.29) is 17.4 Å². The largest absolute Gasteiger partial charge is 0.497 e. The van der Waals surface area contributed by atoms with Crippen molar-refractivity contribution in [3.63, 3.8) is 0 Å². The van der Waals surface area contributed by atoms with Crippen molar-refractivity contribution in [3.05, 3.63) is 72.7 Å². The summed E-state index contributed by atoms with van der Waals surface area (Å²) in [5, 5.41) is 0. The second-order valence-corrected chi connectivity index (χ2v) is 9.16. The minimum absolute atomic E-state index is 0.0412. The highest BCUT2D eigenvalue weighted by Gasteiger charge is 2.49. The fraction of sp³-hybridized carbons (Fsp3) is 0.444. The Morgan fingerprint density at radius 3 is 3.00 bits per heavy atom. The highest BCUT2D eigenvalue weighted by molar-refractivity contribution is 5.91. The molecule has 0 N–H and O–H groups in total. The third-order valence-corrected chi connectivity index (χ3v) is 7.47. The smallest absolute Gasteiger partial charge is 0.246 e. The molecule has 0 spiro atoms. The summed E-state index contributed by atoms with van der Waals surface area (Å²) < 4.78 is 10.6. The molecule has 2 heterocycles. The predicted molar refractivity (Wildman–Crippen MR) is 128 cm³/mol. The lowest BCUT2D eigenvalue weighted by Gasteiger charge is -2.54. The summed E-state index contributed by atoms with van der Waals surface area (Å²) in [5.74, 6) is 1.50. The molecule has 5 heteroatoms.